The minimum absolute atomic E-state index is 0.181. The number of fused-ring (bicyclic) bond motifs is 1. The summed E-state index contributed by atoms with van der Waals surface area (Å²) in [5.74, 6) is 1.95. The molecule has 0 bridgehead atoms. The molecule has 0 saturated carbocycles. The number of benzene rings is 1. The number of nitrogens with zero attached hydrogens (tertiary/aromatic N) is 6. The fourth-order valence-corrected chi connectivity index (χ4v) is 4.01. The highest BCUT2D eigenvalue weighted by Crippen LogP contribution is 2.26. The summed E-state index contributed by atoms with van der Waals surface area (Å²) < 4.78 is 2.17. The van der Waals surface area contributed by atoms with E-state index in [0.717, 1.165) is 55.2 Å². The molecule has 3 heterocycles. The average Bonchev–Trinajstić information content (AvgIpc) is 3.38. The third-order valence-electron chi connectivity index (χ3n) is 5.42. The minimum Gasteiger partial charge on any atom is -0.338 e. The van der Waals surface area contributed by atoms with Gasteiger partial charge in [-0.1, -0.05) is 26.0 Å². The Bertz CT molecular complexity index is 925. The van der Waals surface area contributed by atoms with E-state index in [-0.39, 0.29) is 11.9 Å². The number of piperazine rings is 1. The second kappa shape index (κ2) is 8.00. The van der Waals surface area contributed by atoms with Gasteiger partial charge in [0.05, 0.1) is 11.0 Å². The van der Waals surface area contributed by atoms with Crippen molar-refractivity contribution in [1.82, 2.24) is 29.6 Å². The van der Waals surface area contributed by atoms with Crippen molar-refractivity contribution in [3.63, 3.8) is 0 Å². The second-order valence-corrected chi connectivity index (χ2v) is 7.18. The van der Waals surface area contributed by atoms with Gasteiger partial charge in [-0.05, 0) is 25.0 Å². The van der Waals surface area contributed by atoms with Crippen LogP contribution in [0.15, 0.2) is 30.6 Å². The lowest BCUT2D eigenvalue weighted by Crippen LogP contribution is -2.51. The molecule has 148 valence electrons. The van der Waals surface area contributed by atoms with Crippen LogP contribution >= 0.6 is 0 Å². The van der Waals surface area contributed by atoms with E-state index in [4.69, 9.17) is 4.98 Å². The zero-order valence-electron chi connectivity index (χ0n) is 16.5. The Kier molecular flexibility index (Phi) is 5.27. The van der Waals surface area contributed by atoms with Crippen molar-refractivity contribution in [3.8, 4) is 0 Å². The molecule has 8 heteroatoms. The molecule has 1 N–H and O–H groups in total. The molecule has 28 heavy (non-hydrogen) atoms. The van der Waals surface area contributed by atoms with E-state index in [1.807, 2.05) is 23.1 Å². The molecular formula is C20H27N7O. The third-order valence-corrected chi connectivity index (χ3v) is 5.42. The lowest BCUT2D eigenvalue weighted by molar-refractivity contribution is -0.135. The van der Waals surface area contributed by atoms with Gasteiger partial charge in [0.25, 0.3) is 0 Å². The summed E-state index contributed by atoms with van der Waals surface area (Å²) in [4.78, 5) is 26.6. The van der Waals surface area contributed by atoms with Crippen LogP contribution < -0.4 is 4.90 Å². The molecule has 0 aliphatic carbocycles. The molecule has 1 fully saturated rings. The summed E-state index contributed by atoms with van der Waals surface area (Å²) in [5.41, 5.74) is 2.01. The molecule has 1 saturated heterocycles. The summed E-state index contributed by atoms with van der Waals surface area (Å²) in [5, 5.41) is 6.81. The van der Waals surface area contributed by atoms with E-state index < -0.39 is 0 Å². The van der Waals surface area contributed by atoms with E-state index >= 15 is 0 Å². The monoisotopic (exact) mass is 381 g/mol. The highest BCUT2D eigenvalue weighted by atomic mass is 16.2. The average molecular weight is 381 g/mol. The molecule has 0 spiro atoms. The number of H-pyrrole nitrogens is 1. The van der Waals surface area contributed by atoms with Crippen molar-refractivity contribution >= 4 is 22.9 Å². The highest BCUT2D eigenvalue weighted by Gasteiger charge is 2.30. The van der Waals surface area contributed by atoms with Crippen LogP contribution in [-0.4, -0.2) is 61.7 Å². The number of hydrogen-bond acceptors (Lipinski definition) is 5. The number of para-hydroxylation sites is 2. The van der Waals surface area contributed by atoms with Crippen LogP contribution in [0.5, 0.6) is 0 Å². The van der Waals surface area contributed by atoms with E-state index in [1.165, 1.54) is 6.33 Å². The van der Waals surface area contributed by atoms with Gasteiger partial charge in [0.2, 0.25) is 11.9 Å². The number of hydrogen-bond donors (Lipinski definition) is 1. The van der Waals surface area contributed by atoms with Crippen LogP contribution in [0.1, 0.15) is 38.6 Å². The molecule has 4 rings (SSSR count). The summed E-state index contributed by atoms with van der Waals surface area (Å²) in [6.45, 7) is 7.11. The third kappa shape index (κ3) is 3.34. The van der Waals surface area contributed by atoms with Crippen molar-refractivity contribution < 1.29 is 4.79 Å². The Morgan fingerprint density at radius 3 is 2.64 bits per heavy atom. The molecule has 1 aliphatic heterocycles. The van der Waals surface area contributed by atoms with E-state index in [1.54, 1.807) is 0 Å². The number of amides is 1. The van der Waals surface area contributed by atoms with Gasteiger partial charge in [-0.15, -0.1) is 0 Å². The van der Waals surface area contributed by atoms with Crippen molar-refractivity contribution in [2.75, 3.05) is 31.1 Å². The van der Waals surface area contributed by atoms with E-state index in [9.17, 15) is 4.79 Å². The second-order valence-electron chi connectivity index (χ2n) is 7.18. The van der Waals surface area contributed by atoms with Crippen molar-refractivity contribution in [2.24, 2.45) is 0 Å². The smallest absolute Gasteiger partial charge is 0.245 e. The summed E-state index contributed by atoms with van der Waals surface area (Å²) >= 11 is 0. The van der Waals surface area contributed by atoms with Crippen LogP contribution in [-0.2, 0) is 11.2 Å². The van der Waals surface area contributed by atoms with Crippen LogP contribution in [0, 0.1) is 0 Å². The number of carbonyl (C=O) groups is 1. The summed E-state index contributed by atoms with van der Waals surface area (Å²) in [7, 11) is 0. The van der Waals surface area contributed by atoms with Crippen LogP contribution in [0.4, 0.5) is 5.95 Å². The first-order chi connectivity index (χ1) is 13.7. The number of carbonyl (C=O) groups excluding carboxylic acids is 1. The SMILES string of the molecule is CCCc1nc2ccccc2n1[C@H](CC)C(=O)N1CCN(c2ncn[nH]2)CC1. The maximum Gasteiger partial charge on any atom is 0.245 e. The fourth-order valence-electron chi connectivity index (χ4n) is 4.01. The Hall–Kier alpha value is -2.90. The van der Waals surface area contributed by atoms with Crippen molar-refractivity contribution in [2.45, 2.75) is 39.2 Å². The van der Waals surface area contributed by atoms with Gasteiger partial charge in [-0.25, -0.2) is 10.1 Å². The maximum absolute atomic E-state index is 13.4. The first-order valence-corrected chi connectivity index (χ1v) is 10.1. The lowest BCUT2D eigenvalue weighted by Gasteiger charge is -2.36. The molecule has 1 atom stereocenters. The summed E-state index contributed by atoms with van der Waals surface area (Å²) in [6, 6.07) is 7.90. The number of imidazole rings is 1. The van der Waals surface area contributed by atoms with Gasteiger partial charge in [-0.2, -0.15) is 10.1 Å². The maximum atomic E-state index is 13.4. The molecule has 1 amide bonds. The normalized spacial score (nSPS) is 15.9. The Labute approximate surface area is 164 Å². The molecule has 3 aromatic rings. The van der Waals surface area contributed by atoms with Gasteiger partial charge in [0.1, 0.15) is 18.2 Å². The standard InChI is InChI=1S/C20H27N7O/c1-3-7-18-23-15-8-5-6-9-17(15)27(18)16(4-2)19(28)25-10-12-26(13-11-25)20-21-14-22-24-20/h5-6,8-9,14,16H,3-4,7,10-13H2,1-2H3,(H,21,22,24)/t16-/m1/s1. The van der Waals surface area contributed by atoms with Gasteiger partial charge >= 0.3 is 0 Å². The van der Waals surface area contributed by atoms with Crippen LogP contribution in [0.3, 0.4) is 0 Å². The van der Waals surface area contributed by atoms with E-state index in [0.29, 0.717) is 13.1 Å². The lowest BCUT2D eigenvalue weighted by atomic mass is 10.1. The molecule has 8 nitrogen and oxygen atoms in total. The quantitative estimate of drug-likeness (QED) is 0.709. The molecule has 1 aromatic carbocycles. The molecule has 0 unspecified atom stereocenters. The first-order valence-electron chi connectivity index (χ1n) is 10.1. The van der Waals surface area contributed by atoms with Crippen LogP contribution in [0.2, 0.25) is 0 Å². The topological polar surface area (TPSA) is 82.9 Å². The number of anilines is 1. The van der Waals surface area contributed by atoms with E-state index in [2.05, 4.69) is 44.6 Å². The Morgan fingerprint density at radius 1 is 1.18 bits per heavy atom. The highest BCUT2D eigenvalue weighted by molar-refractivity contribution is 5.84. The number of rotatable bonds is 6. The Morgan fingerprint density at radius 2 is 1.96 bits per heavy atom. The largest absolute Gasteiger partial charge is 0.338 e. The predicted molar refractivity (Wildman–Crippen MR) is 108 cm³/mol. The zero-order valence-corrected chi connectivity index (χ0v) is 16.5. The number of aromatic amines is 1. The molecular weight excluding hydrogens is 354 g/mol. The molecule has 1 aliphatic rings. The summed E-state index contributed by atoms with van der Waals surface area (Å²) in [6.07, 6.45) is 4.14. The molecule has 2 aromatic heterocycles. The number of nitrogens with one attached hydrogen (secondary N) is 1. The van der Waals surface area contributed by atoms with Gasteiger partial charge in [0, 0.05) is 32.6 Å². The van der Waals surface area contributed by atoms with Gasteiger partial charge < -0.3 is 14.4 Å². The zero-order chi connectivity index (χ0) is 19.5. The van der Waals surface area contributed by atoms with Crippen molar-refractivity contribution in [1.29, 1.82) is 0 Å². The minimum atomic E-state index is -0.217. The van der Waals surface area contributed by atoms with Crippen LogP contribution in [0.25, 0.3) is 11.0 Å². The van der Waals surface area contributed by atoms with Gasteiger partial charge in [0.15, 0.2) is 0 Å². The molecule has 0 radical (unpaired) electrons. The Balaban J connectivity index is 1.57. The first kappa shape index (κ1) is 18.5. The van der Waals surface area contributed by atoms with Gasteiger partial charge in [-0.3, -0.25) is 4.79 Å². The fraction of sp³-hybridized carbons (Fsp3) is 0.500. The number of aryl methyl sites for hydroxylation is 1. The predicted octanol–water partition coefficient (Wildman–Crippen LogP) is 2.41. The van der Waals surface area contributed by atoms with Crippen molar-refractivity contribution in [3.05, 3.63) is 36.4 Å². The number of aromatic nitrogens is 5.